The third kappa shape index (κ3) is 18.7. The van der Waals surface area contributed by atoms with Gasteiger partial charge < -0.3 is 52.3 Å². The quantitative estimate of drug-likeness (QED) is 0.370. The molecule has 11 nitrogen and oxygen atoms in total. The standard InChI is InChI=1S/C4H13NO7P2.3H3N/c6-2-1-5(3-13(7,8)9)4-14(10,11)12;;;/h6H,1-4H2,(H2,7,8,9)(H2,10,11,12);3*1H3/p-1. The van der Waals surface area contributed by atoms with E-state index in [1.54, 1.807) is 0 Å². The summed E-state index contributed by atoms with van der Waals surface area (Å²) in [6.07, 6.45) is -2.16. The topological polar surface area (TPSA) is 259 Å². The van der Waals surface area contributed by atoms with Gasteiger partial charge in [0.25, 0.3) is 0 Å². The van der Waals surface area contributed by atoms with E-state index < -0.39 is 34.4 Å². The number of aliphatic hydroxyl groups is 1. The lowest BCUT2D eigenvalue weighted by atomic mass is 10.6. The van der Waals surface area contributed by atoms with E-state index in [-0.39, 0.29) is 25.0 Å². The van der Waals surface area contributed by atoms with Crippen LogP contribution in [0.1, 0.15) is 0 Å². The number of hydrogen-bond donors (Lipinski definition) is 4. The van der Waals surface area contributed by atoms with Gasteiger partial charge in [-0.15, -0.1) is 0 Å². The first-order valence-corrected chi connectivity index (χ1v) is 6.95. The first-order valence-electron chi connectivity index (χ1n) is 3.49. The number of nitrogens with zero attached hydrogens (tertiary/aromatic N) is 1. The van der Waals surface area contributed by atoms with Crippen molar-refractivity contribution < 1.29 is 33.8 Å². The van der Waals surface area contributed by atoms with Gasteiger partial charge in [-0.25, -0.2) is 0 Å². The summed E-state index contributed by atoms with van der Waals surface area (Å²) < 4.78 is 20.5. The molecule has 0 saturated heterocycles. The molecule has 0 aliphatic carbocycles. The highest BCUT2D eigenvalue weighted by Gasteiger charge is 2.07. The minimum atomic E-state index is -4.92. The van der Waals surface area contributed by atoms with Crippen molar-refractivity contribution in [1.82, 2.24) is 23.4 Å². The summed E-state index contributed by atoms with van der Waals surface area (Å²) in [6.45, 7) is -0.900. The third-order valence-corrected chi connectivity index (χ3v) is 2.66. The van der Waals surface area contributed by atoms with Crippen molar-refractivity contribution in [2.75, 3.05) is 25.7 Å². The van der Waals surface area contributed by atoms with Crippen LogP contribution >= 0.6 is 15.2 Å². The summed E-state index contributed by atoms with van der Waals surface area (Å²) in [6, 6.07) is 0. The molecule has 110 valence electrons. The Labute approximate surface area is 98.9 Å². The highest BCUT2D eigenvalue weighted by Crippen LogP contribution is 2.30. The summed E-state index contributed by atoms with van der Waals surface area (Å²) >= 11 is 0. The number of hydrogen-bond acceptors (Lipinski definition) is 8. The van der Waals surface area contributed by atoms with Gasteiger partial charge in [0.15, 0.2) is 0 Å². The maximum Gasteiger partial charge on any atom is 0.0558 e. The van der Waals surface area contributed by atoms with Crippen molar-refractivity contribution in [3.63, 3.8) is 0 Å². The van der Waals surface area contributed by atoms with Crippen LogP contribution in [-0.2, 0) is 9.13 Å². The Bertz CT molecular complexity index is 241. The van der Waals surface area contributed by atoms with E-state index in [0.29, 0.717) is 4.90 Å². The fraction of sp³-hybridized carbons (Fsp3) is 1.00. The van der Waals surface area contributed by atoms with Crippen molar-refractivity contribution in [3.8, 4) is 0 Å². The van der Waals surface area contributed by atoms with E-state index >= 15 is 0 Å². The second kappa shape index (κ2) is 10.1. The Kier molecular flexibility index (Phi) is 15.3. The summed E-state index contributed by atoms with van der Waals surface area (Å²) in [5.41, 5.74) is 0. The van der Waals surface area contributed by atoms with E-state index in [9.17, 15) is 28.7 Å². The third-order valence-electron chi connectivity index (χ3n) is 1.16. The smallest absolute Gasteiger partial charge is 0.0558 e. The van der Waals surface area contributed by atoms with Crippen LogP contribution in [0.2, 0.25) is 0 Å². The van der Waals surface area contributed by atoms with E-state index in [1.807, 2.05) is 0 Å². The first kappa shape index (κ1) is 25.8. The predicted molar refractivity (Wildman–Crippen MR) is 56.7 cm³/mol. The molecule has 0 aromatic rings. The van der Waals surface area contributed by atoms with Crippen LogP contribution in [0.5, 0.6) is 0 Å². The number of aliphatic hydroxyl groups excluding tert-OH is 1. The Morgan fingerprint density at radius 2 is 1.18 bits per heavy atom. The molecule has 0 spiro atoms. The molecule has 0 aromatic heterocycles. The molecule has 0 bridgehead atoms. The highest BCUT2D eigenvalue weighted by molar-refractivity contribution is 7.49. The van der Waals surface area contributed by atoms with Crippen molar-refractivity contribution >= 4 is 15.2 Å². The average molecular weight is 299 g/mol. The molecule has 0 unspecified atom stereocenters. The lowest BCUT2D eigenvalue weighted by Crippen LogP contribution is -2.37. The molecule has 0 aliphatic rings. The van der Waals surface area contributed by atoms with Crippen LogP contribution in [-0.4, -0.2) is 35.7 Å². The van der Waals surface area contributed by atoms with E-state index in [1.165, 1.54) is 0 Å². The zero-order chi connectivity index (χ0) is 11.4. The molecule has 0 heterocycles. The van der Waals surface area contributed by atoms with Crippen molar-refractivity contribution in [2.45, 2.75) is 0 Å². The summed E-state index contributed by atoms with van der Waals surface area (Å²) in [5.74, 6) is 0. The molecule has 0 radical (unpaired) electrons. The van der Waals surface area contributed by atoms with Crippen molar-refractivity contribution in [1.29, 1.82) is 0 Å². The molecule has 0 atom stereocenters. The van der Waals surface area contributed by atoms with Crippen LogP contribution < -0.4 is 38.0 Å². The maximum absolute atomic E-state index is 10.3. The van der Waals surface area contributed by atoms with Gasteiger partial charge in [0, 0.05) is 19.1 Å². The lowest BCUT2D eigenvalue weighted by Gasteiger charge is -2.40. The van der Waals surface area contributed by atoms with E-state index in [0.717, 1.165) is 0 Å². The van der Waals surface area contributed by atoms with E-state index in [2.05, 4.69) is 0 Å². The Balaban J connectivity index is -0.000000282. The molecule has 0 fully saturated rings. The minimum absolute atomic E-state index is 0. The first-order chi connectivity index (χ1) is 6.14. The fourth-order valence-electron chi connectivity index (χ4n) is 0.817. The van der Waals surface area contributed by atoms with Gasteiger partial charge in [-0.05, 0) is 0 Å². The Hall–Kier alpha value is 0.1000. The summed E-state index contributed by atoms with van der Waals surface area (Å²) in [7, 11) is -9.84. The largest absolute Gasteiger partial charge is 0.810 e. The normalized spacial score (nSPS) is 11.2. The van der Waals surface area contributed by atoms with Gasteiger partial charge in [-0.3, -0.25) is 4.90 Å². The van der Waals surface area contributed by atoms with E-state index in [4.69, 9.17) is 5.11 Å². The molecule has 0 aliphatic heterocycles. The predicted octanol–water partition coefficient (Wildman–Crippen LogP) is -2.85. The highest BCUT2D eigenvalue weighted by atomic mass is 31.2. The molecule has 0 saturated carbocycles. The van der Waals surface area contributed by atoms with Gasteiger partial charge in [0.05, 0.1) is 6.61 Å². The Morgan fingerprint density at radius 3 is 1.35 bits per heavy atom. The molecule has 0 rings (SSSR count). The molecular weight excluding hydrogens is 278 g/mol. The zero-order valence-corrected chi connectivity index (χ0v) is 11.9. The average Bonchev–Trinajstić information content (AvgIpc) is 1.78. The minimum Gasteiger partial charge on any atom is -0.810 e. The molecular formula is C4H21N4O7P2-. The van der Waals surface area contributed by atoms with Crippen LogP contribution in [0, 0.1) is 0 Å². The molecule has 0 aromatic carbocycles. The van der Waals surface area contributed by atoms with Gasteiger partial charge in [-0.1, -0.05) is 15.2 Å². The van der Waals surface area contributed by atoms with Crippen LogP contribution in [0.4, 0.5) is 0 Å². The zero-order valence-electron chi connectivity index (χ0n) is 10.1. The van der Waals surface area contributed by atoms with Gasteiger partial charge in [-0.2, -0.15) is 0 Å². The SMILES string of the molecule is O=P([O-])([O-])CN(CCO)CP(=O)([O-])[O-].[NH4+].[NH4+].[NH4+]. The van der Waals surface area contributed by atoms with Crippen LogP contribution in [0.15, 0.2) is 0 Å². The lowest BCUT2D eigenvalue weighted by molar-refractivity contribution is -0.318. The second-order valence-corrected chi connectivity index (χ2v) is 5.63. The summed E-state index contributed by atoms with van der Waals surface area (Å²) in [4.78, 5) is 41.6. The maximum atomic E-state index is 10.3. The Morgan fingerprint density at radius 1 is 0.882 bits per heavy atom. The fourth-order valence-corrected chi connectivity index (χ4v) is 2.44. The second-order valence-electron chi connectivity index (χ2n) is 2.62. The monoisotopic (exact) mass is 299 g/mol. The van der Waals surface area contributed by atoms with Crippen molar-refractivity contribution in [2.24, 2.45) is 0 Å². The summed E-state index contributed by atoms with van der Waals surface area (Å²) in [5, 5.41) is 8.40. The van der Waals surface area contributed by atoms with Crippen molar-refractivity contribution in [3.05, 3.63) is 0 Å². The number of rotatable bonds is 6. The molecule has 17 heavy (non-hydrogen) atoms. The van der Waals surface area contributed by atoms with Crippen LogP contribution in [0.3, 0.4) is 0 Å². The molecule has 0 amide bonds. The van der Waals surface area contributed by atoms with Gasteiger partial charge in [0.1, 0.15) is 0 Å². The number of quaternary nitrogens is 3. The van der Waals surface area contributed by atoms with Crippen LogP contribution in [0.25, 0.3) is 0 Å². The molecule has 13 heteroatoms. The van der Waals surface area contributed by atoms with Gasteiger partial charge in [0.2, 0.25) is 0 Å². The molecule has 13 N–H and O–H groups in total. The van der Waals surface area contributed by atoms with Gasteiger partial charge >= 0.3 is 0 Å².